The van der Waals surface area contributed by atoms with Gasteiger partial charge in [-0.25, -0.2) is 0 Å². The summed E-state index contributed by atoms with van der Waals surface area (Å²) in [6.07, 6.45) is 2.33. The second-order valence-electron chi connectivity index (χ2n) is 4.30. The molecule has 1 aliphatic heterocycles. The first-order valence-corrected chi connectivity index (χ1v) is 6.14. The van der Waals surface area contributed by atoms with E-state index >= 15 is 0 Å². The molecule has 6 nitrogen and oxygen atoms in total. The summed E-state index contributed by atoms with van der Waals surface area (Å²) in [5, 5.41) is 2.76. The molecule has 2 unspecified atom stereocenters. The summed E-state index contributed by atoms with van der Waals surface area (Å²) in [5.74, 6) is -0.404. The van der Waals surface area contributed by atoms with Crippen LogP contribution in [0.4, 0.5) is 0 Å². The number of likely N-dealkylation sites (tertiary alicyclic amines) is 1. The van der Waals surface area contributed by atoms with Crippen LogP contribution in [0.15, 0.2) is 0 Å². The molecule has 1 rings (SSSR count). The molecule has 1 heterocycles. The van der Waals surface area contributed by atoms with Crippen LogP contribution in [0.5, 0.6) is 0 Å². The Labute approximate surface area is 102 Å². The molecular formula is C11H22N4O2. The quantitative estimate of drug-likeness (QED) is 0.544. The lowest BCUT2D eigenvalue weighted by atomic mass is 10.1. The van der Waals surface area contributed by atoms with E-state index in [4.69, 9.17) is 11.5 Å². The van der Waals surface area contributed by atoms with Crippen molar-refractivity contribution in [1.82, 2.24) is 10.2 Å². The highest BCUT2D eigenvalue weighted by Crippen LogP contribution is 2.21. The number of amides is 2. The lowest BCUT2D eigenvalue weighted by Crippen LogP contribution is -2.52. The lowest BCUT2D eigenvalue weighted by molar-refractivity contribution is -0.129. The molecule has 98 valence electrons. The smallest absolute Gasteiger partial charge is 0.237 e. The van der Waals surface area contributed by atoms with Gasteiger partial charge in [0.25, 0.3) is 0 Å². The fraction of sp³-hybridized carbons (Fsp3) is 0.818. The highest BCUT2D eigenvalue weighted by Gasteiger charge is 2.36. The first-order valence-electron chi connectivity index (χ1n) is 6.14. The van der Waals surface area contributed by atoms with Crippen LogP contribution < -0.4 is 16.8 Å². The number of rotatable bonds is 6. The molecule has 0 bridgehead atoms. The van der Waals surface area contributed by atoms with Crippen LogP contribution >= 0.6 is 0 Å². The van der Waals surface area contributed by atoms with Gasteiger partial charge < -0.3 is 16.8 Å². The molecule has 0 aromatic heterocycles. The number of carbonyl (C=O) groups excluding carboxylic acids is 2. The Hall–Kier alpha value is -1.14. The molecular weight excluding hydrogens is 220 g/mol. The normalized spacial score (nSPS) is 22.4. The molecule has 0 radical (unpaired) electrons. The van der Waals surface area contributed by atoms with Gasteiger partial charge in [-0.3, -0.25) is 14.5 Å². The standard InChI is InChI=1S/C11H22N4O2/c1-2-8(10(13)16)15-7-3-4-9(15)11(17)14-6-5-12/h8-9H,2-7,12H2,1H3,(H2,13,16)(H,14,17). The zero-order valence-electron chi connectivity index (χ0n) is 10.3. The maximum Gasteiger partial charge on any atom is 0.237 e. The number of nitrogens with two attached hydrogens (primary N) is 2. The van der Waals surface area contributed by atoms with E-state index < -0.39 is 0 Å². The molecule has 0 saturated carbocycles. The van der Waals surface area contributed by atoms with Gasteiger partial charge in [0, 0.05) is 13.1 Å². The van der Waals surface area contributed by atoms with Gasteiger partial charge in [0.2, 0.25) is 11.8 Å². The monoisotopic (exact) mass is 242 g/mol. The third-order valence-electron chi connectivity index (χ3n) is 3.16. The fourth-order valence-corrected chi connectivity index (χ4v) is 2.36. The van der Waals surface area contributed by atoms with Crippen molar-refractivity contribution in [1.29, 1.82) is 0 Å². The highest BCUT2D eigenvalue weighted by molar-refractivity contribution is 5.84. The zero-order valence-corrected chi connectivity index (χ0v) is 10.3. The van der Waals surface area contributed by atoms with Crippen molar-refractivity contribution in [2.45, 2.75) is 38.3 Å². The number of hydrogen-bond acceptors (Lipinski definition) is 4. The van der Waals surface area contributed by atoms with Crippen LogP contribution in [0, 0.1) is 0 Å². The second-order valence-corrected chi connectivity index (χ2v) is 4.30. The van der Waals surface area contributed by atoms with Gasteiger partial charge in [-0.1, -0.05) is 6.92 Å². The molecule has 0 aliphatic carbocycles. The van der Waals surface area contributed by atoms with Crippen LogP contribution in [-0.2, 0) is 9.59 Å². The van der Waals surface area contributed by atoms with Crippen LogP contribution in [0.1, 0.15) is 26.2 Å². The first-order chi connectivity index (χ1) is 8.11. The van der Waals surface area contributed by atoms with E-state index in [1.54, 1.807) is 0 Å². The van der Waals surface area contributed by atoms with Gasteiger partial charge in [-0.15, -0.1) is 0 Å². The largest absolute Gasteiger partial charge is 0.368 e. The average Bonchev–Trinajstić information content (AvgIpc) is 2.75. The Morgan fingerprint density at radius 3 is 2.76 bits per heavy atom. The zero-order chi connectivity index (χ0) is 12.8. The molecule has 2 amide bonds. The van der Waals surface area contributed by atoms with E-state index in [0.717, 1.165) is 19.4 Å². The lowest BCUT2D eigenvalue weighted by Gasteiger charge is -2.29. The minimum absolute atomic E-state index is 0.0485. The maximum absolute atomic E-state index is 11.9. The minimum atomic E-state index is -0.356. The number of nitrogens with zero attached hydrogens (tertiary/aromatic N) is 1. The highest BCUT2D eigenvalue weighted by atomic mass is 16.2. The third kappa shape index (κ3) is 3.41. The third-order valence-corrected chi connectivity index (χ3v) is 3.16. The van der Waals surface area contributed by atoms with Gasteiger partial charge in [-0.05, 0) is 25.8 Å². The van der Waals surface area contributed by atoms with E-state index in [1.807, 2.05) is 11.8 Å². The topological polar surface area (TPSA) is 101 Å². The van der Waals surface area contributed by atoms with E-state index in [9.17, 15) is 9.59 Å². The first kappa shape index (κ1) is 13.9. The predicted molar refractivity (Wildman–Crippen MR) is 65.1 cm³/mol. The summed E-state index contributed by atoms with van der Waals surface area (Å²) in [6.45, 7) is 3.55. The summed E-state index contributed by atoms with van der Waals surface area (Å²) in [7, 11) is 0. The Bertz CT molecular complexity index is 283. The number of carbonyl (C=O) groups is 2. The number of nitrogens with one attached hydrogen (secondary N) is 1. The van der Waals surface area contributed by atoms with Crippen molar-refractivity contribution in [3.8, 4) is 0 Å². The van der Waals surface area contributed by atoms with Gasteiger partial charge in [-0.2, -0.15) is 0 Å². The Morgan fingerprint density at radius 1 is 1.53 bits per heavy atom. The summed E-state index contributed by atoms with van der Waals surface area (Å²) >= 11 is 0. The SMILES string of the molecule is CCC(C(N)=O)N1CCCC1C(=O)NCCN. The van der Waals surface area contributed by atoms with Crippen molar-refractivity contribution in [3.63, 3.8) is 0 Å². The molecule has 6 heteroatoms. The molecule has 1 fully saturated rings. The Kier molecular flexibility index (Phi) is 5.37. The molecule has 0 aromatic carbocycles. The summed E-state index contributed by atoms with van der Waals surface area (Å²) in [6, 6.07) is -0.579. The summed E-state index contributed by atoms with van der Waals surface area (Å²) < 4.78 is 0. The van der Waals surface area contributed by atoms with E-state index in [0.29, 0.717) is 19.5 Å². The fourth-order valence-electron chi connectivity index (χ4n) is 2.36. The van der Waals surface area contributed by atoms with Gasteiger partial charge in [0.1, 0.15) is 0 Å². The Balaban J connectivity index is 2.64. The molecule has 2 atom stereocenters. The molecule has 1 saturated heterocycles. The van der Waals surface area contributed by atoms with Gasteiger partial charge in [0.15, 0.2) is 0 Å². The van der Waals surface area contributed by atoms with Crippen molar-refractivity contribution in [2.75, 3.05) is 19.6 Å². The van der Waals surface area contributed by atoms with E-state index in [-0.39, 0.29) is 23.9 Å². The molecule has 0 aromatic rings. The van der Waals surface area contributed by atoms with Crippen LogP contribution in [0.2, 0.25) is 0 Å². The van der Waals surface area contributed by atoms with Crippen molar-refractivity contribution >= 4 is 11.8 Å². The van der Waals surface area contributed by atoms with Crippen LogP contribution in [0.3, 0.4) is 0 Å². The predicted octanol–water partition coefficient (Wildman–Crippen LogP) is -1.21. The van der Waals surface area contributed by atoms with E-state index in [2.05, 4.69) is 5.32 Å². The molecule has 1 aliphatic rings. The van der Waals surface area contributed by atoms with Crippen molar-refractivity contribution < 1.29 is 9.59 Å². The average molecular weight is 242 g/mol. The maximum atomic E-state index is 11.9. The molecule has 17 heavy (non-hydrogen) atoms. The second kappa shape index (κ2) is 6.56. The molecule has 0 spiro atoms. The summed E-state index contributed by atoms with van der Waals surface area (Å²) in [5.41, 5.74) is 10.7. The number of hydrogen-bond donors (Lipinski definition) is 3. The van der Waals surface area contributed by atoms with E-state index in [1.165, 1.54) is 0 Å². The summed E-state index contributed by atoms with van der Waals surface area (Å²) in [4.78, 5) is 25.1. The minimum Gasteiger partial charge on any atom is -0.368 e. The van der Waals surface area contributed by atoms with Crippen molar-refractivity contribution in [3.05, 3.63) is 0 Å². The van der Waals surface area contributed by atoms with Crippen molar-refractivity contribution in [2.24, 2.45) is 11.5 Å². The van der Waals surface area contributed by atoms with Crippen LogP contribution in [-0.4, -0.2) is 48.4 Å². The van der Waals surface area contributed by atoms with Gasteiger partial charge >= 0.3 is 0 Å². The van der Waals surface area contributed by atoms with Gasteiger partial charge in [0.05, 0.1) is 12.1 Å². The number of primary amides is 1. The molecule has 5 N–H and O–H groups in total. The Morgan fingerprint density at radius 2 is 2.24 bits per heavy atom. The van der Waals surface area contributed by atoms with Crippen LogP contribution in [0.25, 0.3) is 0 Å².